The quantitative estimate of drug-likeness (QED) is 0.815. The Kier molecular flexibility index (Phi) is 2.71. The number of pyridine rings is 2. The molecule has 0 aromatic carbocycles. The molecule has 4 nitrogen and oxygen atoms in total. The molecule has 0 amide bonds. The highest BCUT2D eigenvalue weighted by Crippen LogP contribution is 2.33. The molecule has 2 aromatic heterocycles. The van der Waals surface area contributed by atoms with Crippen LogP contribution < -0.4 is 10.6 Å². The minimum absolute atomic E-state index is 0.784. The third-order valence-corrected chi connectivity index (χ3v) is 3.19. The number of aromatic nitrogens is 2. The summed E-state index contributed by atoms with van der Waals surface area (Å²) in [4.78, 5) is 9.02. The summed E-state index contributed by atoms with van der Waals surface area (Å²) >= 11 is 0. The van der Waals surface area contributed by atoms with Gasteiger partial charge in [-0.3, -0.25) is 0 Å². The highest BCUT2D eigenvalue weighted by Gasteiger charge is 2.17. The number of hydrogen-bond acceptors (Lipinski definition) is 4. The van der Waals surface area contributed by atoms with Crippen molar-refractivity contribution in [2.24, 2.45) is 0 Å². The summed E-state index contributed by atoms with van der Waals surface area (Å²) in [7, 11) is 0. The van der Waals surface area contributed by atoms with E-state index in [0.717, 1.165) is 46.3 Å². The Morgan fingerprint density at radius 2 is 2.05 bits per heavy atom. The van der Waals surface area contributed by atoms with Crippen molar-refractivity contribution in [3.63, 3.8) is 0 Å². The van der Waals surface area contributed by atoms with Gasteiger partial charge in [0.15, 0.2) is 5.82 Å². The van der Waals surface area contributed by atoms with Gasteiger partial charge in [0.25, 0.3) is 0 Å². The Hall–Kier alpha value is -2.36. The van der Waals surface area contributed by atoms with Gasteiger partial charge in [-0.1, -0.05) is 13.5 Å². The lowest BCUT2D eigenvalue weighted by molar-refractivity contribution is 1.03. The summed E-state index contributed by atoms with van der Waals surface area (Å²) in [5, 5.41) is 6.59. The largest absolute Gasteiger partial charge is 0.352 e. The van der Waals surface area contributed by atoms with Gasteiger partial charge < -0.3 is 10.6 Å². The van der Waals surface area contributed by atoms with Crippen molar-refractivity contribution in [3.05, 3.63) is 47.8 Å². The first-order valence-electron chi connectivity index (χ1n) is 6.37. The maximum Gasteiger partial charge on any atom is 0.155 e. The number of nitrogens with zero attached hydrogens (tertiary/aromatic N) is 2. The monoisotopic (exact) mass is 252 g/mol. The van der Waals surface area contributed by atoms with E-state index in [2.05, 4.69) is 34.1 Å². The third kappa shape index (κ3) is 2.05. The van der Waals surface area contributed by atoms with E-state index in [4.69, 9.17) is 0 Å². The Labute approximate surface area is 112 Å². The van der Waals surface area contributed by atoms with Gasteiger partial charge in [0.05, 0.1) is 5.69 Å². The van der Waals surface area contributed by atoms with Crippen molar-refractivity contribution in [2.45, 2.75) is 20.3 Å². The third-order valence-electron chi connectivity index (χ3n) is 3.19. The molecule has 96 valence electrons. The average Bonchev–Trinajstić information content (AvgIpc) is 2.54. The van der Waals surface area contributed by atoms with E-state index in [0.29, 0.717) is 0 Å². The van der Waals surface area contributed by atoms with Crippen LogP contribution in [0, 0.1) is 6.92 Å². The molecule has 1 aliphatic rings. The summed E-state index contributed by atoms with van der Waals surface area (Å²) in [6, 6.07) is 6.12. The Bertz CT molecular complexity index is 661. The fourth-order valence-corrected chi connectivity index (χ4v) is 2.14. The first-order chi connectivity index (χ1) is 9.17. The zero-order valence-electron chi connectivity index (χ0n) is 11.1. The van der Waals surface area contributed by atoms with Gasteiger partial charge in [0, 0.05) is 23.2 Å². The van der Waals surface area contributed by atoms with Crippen LogP contribution in [0.1, 0.15) is 23.7 Å². The maximum atomic E-state index is 4.61. The van der Waals surface area contributed by atoms with Crippen LogP contribution in [0.3, 0.4) is 0 Å². The van der Waals surface area contributed by atoms with Gasteiger partial charge in [-0.05, 0) is 37.1 Å². The second kappa shape index (κ2) is 4.39. The van der Waals surface area contributed by atoms with Crippen molar-refractivity contribution in [1.82, 2.24) is 9.97 Å². The molecule has 19 heavy (non-hydrogen) atoms. The van der Waals surface area contributed by atoms with E-state index >= 15 is 0 Å². The molecule has 0 aliphatic carbocycles. The number of hydrogen-bond donors (Lipinski definition) is 2. The molecular formula is C15H16N4. The lowest BCUT2D eigenvalue weighted by Crippen LogP contribution is -2.00. The summed E-state index contributed by atoms with van der Waals surface area (Å²) < 4.78 is 0. The van der Waals surface area contributed by atoms with Crippen molar-refractivity contribution in [3.8, 4) is 0 Å². The molecular weight excluding hydrogens is 236 g/mol. The minimum Gasteiger partial charge on any atom is -0.352 e. The van der Waals surface area contributed by atoms with Gasteiger partial charge >= 0.3 is 0 Å². The van der Waals surface area contributed by atoms with E-state index in [9.17, 15) is 0 Å². The maximum absolute atomic E-state index is 4.61. The summed E-state index contributed by atoms with van der Waals surface area (Å²) in [6.07, 6.45) is 2.74. The van der Waals surface area contributed by atoms with Crippen LogP contribution >= 0.6 is 0 Å². The molecule has 0 saturated carbocycles. The number of anilines is 3. The van der Waals surface area contributed by atoms with Crippen LogP contribution in [0.5, 0.6) is 0 Å². The second-order valence-corrected chi connectivity index (χ2v) is 4.69. The van der Waals surface area contributed by atoms with Crippen molar-refractivity contribution < 1.29 is 0 Å². The molecule has 3 rings (SSSR count). The average molecular weight is 252 g/mol. The highest BCUT2D eigenvalue weighted by atomic mass is 15.1. The fraction of sp³-hybridized carbons (Fsp3) is 0.200. The van der Waals surface area contributed by atoms with E-state index < -0.39 is 0 Å². The lowest BCUT2D eigenvalue weighted by atomic mass is 10.1. The van der Waals surface area contributed by atoms with Crippen LogP contribution in [-0.4, -0.2) is 9.97 Å². The molecule has 4 heteroatoms. The van der Waals surface area contributed by atoms with Gasteiger partial charge in [0.2, 0.25) is 0 Å². The molecule has 3 heterocycles. The fourth-order valence-electron chi connectivity index (χ4n) is 2.14. The number of nitrogens with one attached hydrogen (secondary N) is 2. The Balaban J connectivity index is 2.13. The van der Waals surface area contributed by atoms with Crippen LogP contribution in [0.15, 0.2) is 31.0 Å². The first-order valence-corrected chi connectivity index (χ1v) is 6.37. The molecule has 0 fully saturated rings. The molecule has 0 unspecified atom stereocenters. The molecule has 1 aliphatic heterocycles. The van der Waals surface area contributed by atoms with Crippen molar-refractivity contribution in [2.75, 3.05) is 10.6 Å². The van der Waals surface area contributed by atoms with Gasteiger partial charge in [-0.25, -0.2) is 9.97 Å². The zero-order chi connectivity index (χ0) is 13.4. The number of aryl methyl sites for hydroxylation is 2. The summed E-state index contributed by atoms with van der Waals surface area (Å²) in [5.41, 5.74) is 4.90. The summed E-state index contributed by atoms with van der Waals surface area (Å²) in [6.45, 7) is 8.19. The second-order valence-electron chi connectivity index (χ2n) is 4.69. The predicted molar refractivity (Wildman–Crippen MR) is 78.5 cm³/mol. The lowest BCUT2D eigenvalue weighted by Gasteiger charge is -2.08. The van der Waals surface area contributed by atoms with Crippen molar-refractivity contribution >= 4 is 23.0 Å². The minimum atomic E-state index is 0.784. The molecule has 0 atom stereocenters. The standard InChI is InChI=1S/C15H16N4/c1-4-11-5-6-12-10(3)17-13-7-9(2)8-16-15(13)19-14(12)18-11/h5-8,17H,3-4H2,1-2H3,(H,16,18,19). The van der Waals surface area contributed by atoms with Gasteiger partial charge in [-0.2, -0.15) is 0 Å². The molecule has 2 N–H and O–H groups in total. The SMILES string of the molecule is C=C1Nc2cc(C)cnc2Nc2nc(CC)ccc21. The number of rotatable bonds is 1. The van der Waals surface area contributed by atoms with Crippen molar-refractivity contribution in [1.29, 1.82) is 0 Å². The summed E-state index contributed by atoms with van der Waals surface area (Å²) in [5.74, 6) is 1.60. The highest BCUT2D eigenvalue weighted by molar-refractivity contribution is 5.90. The Morgan fingerprint density at radius 1 is 1.21 bits per heavy atom. The van der Waals surface area contributed by atoms with Crippen LogP contribution in [0.2, 0.25) is 0 Å². The van der Waals surface area contributed by atoms with E-state index in [1.165, 1.54) is 0 Å². The predicted octanol–water partition coefficient (Wildman–Crippen LogP) is 3.49. The van der Waals surface area contributed by atoms with E-state index in [-0.39, 0.29) is 0 Å². The Morgan fingerprint density at radius 3 is 2.84 bits per heavy atom. The molecule has 2 aromatic rings. The van der Waals surface area contributed by atoms with Crippen LogP contribution in [0.4, 0.5) is 17.3 Å². The molecule has 0 saturated heterocycles. The smallest absolute Gasteiger partial charge is 0.155 e. The molecule has 0 spiro atoms. The first kappa shape index (κ1) is 11.7. The van der Waals surface area contributed by atoms with Gasteiger partial charge in [-0.15, -0.1) is 0 Å². The zero-order valence-corrected chi connectivity index (χ0v) is 11.1. The molecule has 0 radical (unpaired) electrons. The topological polar surface area (TPSA) is 49.8 Å². The normalized spacial score (nSPS) is 12.8. The molecule has 0 bridgehead atoms. The van der Waals surface area contributed by atoms with Crippen LogP contribution in [0.25, 0.3) is 5.70 Å². The number of fused-ring (bicyclic) bond motifs is 2. The van der Waals surface area contributed by atoms with Gasteiger partial charge in [0.1, 0.15) is 5.82 Å². The van der Waals surface area contributed by atoms with Crippen LogP contribution in [-0.2, 0) is 6.42 Å². The van der Waals surface area contributed by atoms with E-state index in [1.807, 2.05) is 31.3 Å². The van der Waals surface area contributed by atoms with E-state index in [1.54, 1.807) is 0 Å².